The van der Waals surface area contributed by atoms with Crippen LogP contribution in [0.15, 0.2) is 12.1 Å². The van der Waals surface area contributed by atoms with Crippen LogP contribution in [0.1, 0.15) is 36.5 Å². The highest BCUT2D eigenvalue weighted by atomic mass is 19.3. The zero-order valence-corrected chi connectivity index (χ0v) is 9.89. The third kappa shape index (κ3) is 2.36. The Kier molecular flexibility index (Phi) is 3.36. The van der Waals surface area contributed by atoms with E-state index in [2.05, 4.69) is 0 Å². The Morgan fingerprint density at radius 1 is 1.28 bits per heavy atom. The molecule has 0 spiro atoms. The molecule has 0 bridgehead atoms. The molecule has 1 saturated carbocycles. The summed E-state index contributed by atoms with van der Waals surface area (Å²) in [5.41, 5.74) is -0.110. The van der Waals surface area contributed by atoms with E-state index in [4.69, 9.17) is 0 Å². The van der Waals surface area contributed by atoms with Crippen LogP contribution in [0.4, 0.5) is 17.6 Å². The quantitative estimate of drug-likeness (QED) is 0.805. The molecule has 0 aliphatic heterocycles. The molecule has 1 nitrogen and oxygen atoms in total. The van der Waals surface area contributed by atoms with Crippen molar-refractivity contribution in [2.24, 2.45) is 5.92 Å². The van der Waals surface area contributed by atoms with Crippen LogP contribution in [0, 0.1) is 24.5 Å². The van der Waals surface area contributed by atoms with Crippen molar-refractivity contribution in [1.29, 1.82) is 0 Å². The van der Waals surface area contributed by atoms with Crippen molar-refractivity contribution >= 4 is 0 Å². The van der Waals surface area contributed by atoms with Gasteiger partial charge in [-0.25, -0.2) is 17.6 Å². The molecule has 2 rings (SSSR count). The normalized spacial score (nSPS) is 24.2. The summed E-state index contributed by atoms with van der Waals surface area (Å²) in [6.45, 7) is 1.40. The summed E-state index contributed by atoms with van der Waals surface area (Å²) < 4.78 is 53.1. The number of alkyl halides is 2. The predicted molar refractivity (Wildman–Crippen MR) is 58.3 cm³/mol. The Hall–Kier alpha value is -1.10. The van der Waals surface area contributed by atoms with Gasteiger partial charge in [0, 0.05) is 18.4 Å². The van der Waals surface area contributed by atoms with Crippen molar-refractivity contribution in [1.82, 2.24) is 0 Å². The summed E-state index contributed by atoms with van der Waals surface area (Å²) in [5.74, 6) is -5.71. The minimum atomic E-state index is -2.81. The van der Waals surface area contributed by atoms with E-state index < -0.39 is 36.0 Å². The standard InChI is InChI=1S/C13H14F4O/c1-7-2-3-9(11(15)10(7)14)12(18)8-4-5-13(16,17)6-8/h2-3,8,12,18H,4-6H2,1H3. The maximum atomic E-state index is 13.6. The maximum Gasteiger partial charge on any atom is 0.248 e. The number of hydrogen-bond donors (Lipinski definition) is 1. The first kappa shape index (κ1) is 13.3. The molecule has 18 heavy (non-hydrogen) atoms. The molecule has 0 saturated heterocycles. The lowest BCUT2D eigenvalue weighted by Crippen LogP contribution is -2.16. The van der Waals surface area contributed by atoms with Gasteiger partial charge in [-0.2, -0.15) is 0 Å². The molecule has 0 aromatic heterocycles. The van der Waals surface area contributed by atoms with Crippen LogP contribution in [0.2, 0.25) is 0 Å². The number of aliphatic hydroxyl groups is 1. The summed E-state index contributed by atoms with van der Waals surface area (Å²) in [6.07, 6.45) is -2.06. The van der Waals surface area contributed by atoms with Crippen molar-refractivity contribution in [2.45, 2.75) is 38.2 Å². The van der Waals surface area contributed by atoms with Crippen LogP contribution in [-0.4, -0.2) is 11.0 Å². The van der Waals surface area contributed by atoms with E-state index in [1.54, 1.807) is 0 Å². The van der Waals surface area contributed by atoms with Gasteiger partial charge in [0.1, 0.15) is 0 Å². The second kappa shape index (κ2) is 4.53. The first-order valence-corrected chi connectivity index (χ1v) is 5.82. The number of rotatable bonds is 2. The van der Waals surface area contributed by atoms with E-state index in [0.29, 0.717) is 0 Å². The fraction of sp³-hybridized carbons (Fsp3) is 0.538. The van der Waals surface area contributed by atoms with Crippen molar-refractivity contribution in [2.75, 3.05) is 0 Å². The molecule has 2 atom stereocenters. The Morgan fingerprint density at radius 3 is 2.50 bits per heavy atom. The van der Waals surface area contributed by atoms with E-state index in [9.17, 15) is 22.7 Å². The molecule has 1 aromatic rings. The Balaban J connectivity index is 2.25. The number of aryl methyl sites for hydroxylation is 1. The van der Waals surface area contributed by atoms with Crippen LogP contribution < -0.4 is 0 Å². The molecular formula is C13H14F4O. The lowest BCUT2D eigenvalue weighted by atomic mass is 9.93. The van der Waals surface area contributed by atoms with Crippen molar-refractivity contribution < 1.29 is 22.7 Å². The topological polar surface area (TPSA) is 20.2 Å². The van der Waals surface area contributed by atoms with E-state index >= 15 is 0 Å². The number of benzene rings is 1. The zero-order valence-electron chi connectivity index (χ0n) is 9.89. The van der Waals surface area contributed by atoms with Crippen molar-refractivity contribution in [3.8, 4) is 0 Å². The highest BCUT2D eigenvalue weighted by molar-refractivity contribution is 5.27. The van der Waals surface area contributed by atoms with E-state index in [1.165, 1.54) is 19.1 Å². The first-order chi connectivity index (χ1) is 8.32. The molecule has 1 fully saturated rings. The molecule has 5 heteroatoms. The lowest BCUT2D eigenvalue weighted by molar-refractivity contribution is -0.00550. The number of halogens is 4. The fourth-order valence-electron chi connectivity index (χ4n) is 2.40. The molecule has 1 N–H and O–H groups in total. The largest absolute Gasteiger partial charge is 0.388 e. The number of hydrogen-bond acceptors (Lipinski definition) is 1. The maximum absolute atomic E-state index is 13.6. The van der Waals surface area contributed by atoms with Crippen LogP contribution in [0.5, 0.6) is 0 Å². The van der Waals surface area contributed by atoms with Crippen LogP contribution in [0.25, 0.3) is 0 Å². The average Bonchev–Trinajstić information content (AvgIpc) is 2.66. The highest BCUT2D eigenvalue weighted by Gasteiger charge is 2.43. The SMILES string of the molecule is Cc1ccc(C(O)C2CCC(F)(F)C2)c(F)c1F. The Labute approximate surface area is 102 Å². The lowest BCUT2D eigenvalue weighted by Gasteiger charge is -2.19. The molecule has 0 radical (unpaired) electrons. The van der Waals surface area contributed by atoms with Crippen LogP contribution >= 0.6 is 0 Å². The van der Waals surface area contributed by atoms with Gasteiger partial charge in [-0.15, -0.1) is 0 Å². The minimum absolute atomic E-state index is 0.114. The second-order valence-electron chi connectivity index (χ2n) is 4.90. The number of aliphatic hydroxyl groups excluding tert-OH is 1. The van der Waals surface area contributed by atoms with Gasteiger partial charge < -0.3 is 5.11 Å². The van der Waals surface area contributed by atoms with Gasteiger partial charge in [0.25, 0.3) is 0 Å². The van der Waals surface area contributed by atoms with Gasteiger partial charge in [0.05, 0.1) is 6.10 Å². The van der Waals surface area contributed by atoms with Gasteiger partial charge in [-0.05, 0) is 24.8 Å². The molecule has 1 aliphatic rings. The highest BCUT2D eigenvalue weighted by Crippen LogP contribution is 2.44. The summed E-state index contributed by atoms with van der Waals surface area (Å²) in [5, 5.41) is 9.91. The predicted octanol–water partition coefficient (Wildman–Crippen LogP) is 3.74. The third-order valence-electron chi connectivity index (χ3n) is 3.51. The second-order valence-corrected chi connectivity index (χ2v) is 4.90. The fourth-order valence-corrected chi connectivity index (χ4v) is 2.40. The molecule has 0 heterocycles. The smallest absolute Gasteiger partial charge is 0.248 e. The zero-order chi connectivity index (χ0) is 13.5. The molecule has 1 aliphatic carbocycles. The minimum Gasteiger partial charge on any atom is -0.388 e. The monoisotopic (exact) mass is 262 g/mol. The van der Waals surface area contributed by atoms with Crippen LogP contribution in [0.3, 0.4) is 0 Å². The molecule has 100 valence electrons. The molecule has 0 amide bonds. The molecule has 2 unspecified atom stereocenters. The Bertz CT molecular complexity index is 459. The van der Waals surface area contributed by atoms with Gasteiger partial charge in [0.15, 0.2) is 11.6 Å². The van der Waals surface area contributed by atoms with Gasteiger partial charge >= 0.3 is 0 Å². The average molecular weight is 262 g/mol. The first-order valence-electron chi connectivity index (χ1n) is 5.82. The van der Waals surface area contributed by atoms with E-state index in [1.807, 2.05) is 0 Å². The van der Waals surface area contributed by atoms with E-state index in [0.717, 1.165) is 0 Å². The Morgan fingerprint density at radius 2 is 1.94 bits per heavy atom. The van der Waals surface area contributed by atoms with Crippen molar-refractivity contribution in [3.05, 3.63) is 34.9 Å². The summed E-state index contributed by atoms with van der Waals surface area (Å²) >= 11 is 0. The summed E-state index contributed by atoms with van der Waals surface area (Å²) in [6, 6.07) is 2.60. The van der Waals surface area contributed by atoms with Crippen molar-refractivity contribution in [3.63, 3.8) is 0 Å². The van der Waals surface area contributed by atoms with Gasteiger partial charge in [-0.1, -0.05) is 12.1 Å². The summed E-state index contributed by atoms with van der Waals surface area (Å²) in [7, 11) is 0. The summed E-state index contributed by atoms with van der Waals surface area (Å²) in [4.78, 5) is 0. The van der Waals surface area contributed by atoms with Crippen LogP contribution in [-0.2, 0) is 0 Å². The molecular weight excluding hydrogens is 248 g/mol. The third-order valence-corrected chi connectivity index (χ3v) is 3.51. The molecule has 1 aromatic carbocycles. The van der Waals surface area contributed by atoms with Gasteiger partial charge in [-0.3, -0.25) is 0 Å². The van der Waals surface area contributed by atoms with Gasteiger partial charge in [0.2, 0.25) is 5.92 Å². The van der Waals surface area contributed by atoms with E-state index in [-0.39, 0.29) is 24.0 Å².